The Kier molecular flexibility index (Phi) is 4.49. The molecule has 2 aromatic rings. The van der Waals surface area contributed by atoms with E-state index in [0.717, 1.165) is 0 Å². The summed E-state index contributed by atoms with van der Waals surface area (Å²) in [5.41, 5.74) is 1.39. The third-order valence-electron chi connectivity index (χ3n) is 2.93. The van der Waals surface area contributed by atoms with E-state index in [0.29, 0.717) is 29.2 Å². The van der Waals surface area contributed by atoms with Gasteiger partial charge in [0.05, 0.1) is 9.93 Å². The standard InChI is InChI=1S/C13H13N3O4S/c1-8-9(3-2-4-11(8)16(19)20)14-6-5-12-15-10(7-21-12)13(17)18/h2-4,7,14H,5-6H2,1H3,(H,17,18). The van der Waals surface area contributed by atoms with Crippen molar-refractivity contribution < 1.29 is 14.8 Å². The Hall–Kier alpha value is -2.48. The molecule has 110 valence electrons. The van der Waals surface area contributed by atoms with Gasteiger partial charge in [-0.05, 0) is 13.0 Å². The monoisotopic (exact) mass is 307 g/mol. The zero-order valence-corrected chi connectivity index (χ0v) is 12.0. The third-order valence-corrected chi connectivity index (χ3v) is 3.84. The number of aromatic carboxylic acids is 1. The molecule has 2 N–H and O–H groups in total. The molecule has 1 heterocycles. The first kappa shape index (κ1) is 14.9. The number of carbonyl (C=O) groups is 1. The van der Waals surface area contributed by atoms with E-state index < -0.39 is 10.9 Å². The normalized spacial score (nSPS) is 10.3. The van der Waals surface area contributed by atoms with Crippen LogP contribution in [0.1, 0.15) is 21.1 Å². The molecule has 0 spiro atoms. The van der Waals surface area contributed by atoms with Crippen molar-refractivity contribution in [2.24, 2.45) is 0 Å². The second kappa shape index (κ2) is 6.31. The Morgan fingerprint density at radius 3 is 2.90 bits per heavy atom. The number of hydrogen-bond acceptors (Lipinski definition) is 6. The van der Waals surface area contributed by atoms with E-state index >= 15 is 0 Å². The number of thiazole rings is 1. The summed E-state index contributed by atoms with van der Waals surface area (Å²) in [4.78, 5) is 25.1. The molecule has 2 rings (SSSR count). The van der Waals surface area contributed by atoms with E-state index in [1.165, 1.54) is 22.8 Å². The number of carboxylic acids is 1. The highest BCUT2D eigenvalue weighted by Gasteiger charge is 2.13. The minimum absolute atomic E-state index is 0.0431. The maximum absolute atomic E-state index is 10.8. The fraction of sp³-hybridized carbons (Fsp3) is 0.231. The van der Waals surface area contributed by atoms with Crippen LogP contribution in [-0.2, 0) is 6.42 Å². The number of nitrogens with zero attached hydrogens (tertiary/aromatic N) is 2. The van der Waals surface area contributed by atoms with Crippen LogP contribution in [0.5, 0.6) is 0 Å². The summed E-state index contributed by atoms with van der Waals surface area (Å²) in [6.07, 6.45) is 0.556. The van der Waals surface area contributed by atoms with Gasteiger partial charge in [-0.2, -0.15) is 0 Å². The lowest BCUT2D eigenvalue weighted by atomic mass is 10.1. The number of nitro groups is 1. The van der Waals surface area contributed by atoms with Crippen molar-refractivity contribution in [2.45, 2.75) is 13.3 Å². The molecule has 0 unspecified atom stereocenters. The molecule has 1 aromatic heterocycles. The van der Waals surface area contributed by atoms with Gasteiger partial charge in [0.2, 0.25) is 0 Å². The maximum Gasteiger partial charge on any atom is 0.355 e. The number of benzene rings is 1. The van der Waals surface area contributed by atoms with Crippen LogP contribution in [0, 0.1) is 17.0 Å². The number of nitrogens with one attached hydrogen (secondary N) is 1. The molecule has 0 aliphatic rings. The average Bonchev–Trinajstić information content (AvgIpc) is 2.89. The van der Waals surface area contributed by atoms with Crippen molar-refractivity contribution in [1.82, 2.24) is 4.98 Å². The largest absolute Gasteiger partial charge is 0.476 e. The Balaban J connectivity index is 1.98. The Bertz CT molecular complexity index is 684. The van der Waals surface area contributed by atoms with Crippen LogP contribution < -0.4 is 5.32 Å². The number of anilines is 1. The summed E-state index contributed by atoms with van der Waals surface area (Å²) in [7, 11) is 0. The second-order valence-corrected chi connectivity index (χ2v) is 5.26. The van der Waals surface area contributed by atoms with Gasteiger partial charge in [0.1, 0.15) is 0 Å². The van der Waals surface area contributed by atoms with Gasteiger partial charge >= 0.3 is 5.97 Å². The number of aromatic nitrogens is 1. The van der Waals surface area contributed by atoms with Gasteiger partial charge in [0, 0.05) is 35.7 Å². The molecule has 7 nitrogen and oxygen atoms in total. The number of nitro benzene ring substituents is 1. The van der Waals surface area contributed by atoms with Gasteiger partial charge in [0.25, 0.3) is 5.69 Å². The quantitative estimate of drug-likeness (QED) is 0.628. The van der Waals surface area contributed by atoms with Crippen molar-refractivity contribution in [3.8, 4) is 0 Å². The summed E-state index contributed by atoms with van der Waals surface area (Å²) >= 11 is 1.29. The van der Waals surface area contributed by atoms with Gasteiger partial charge in [0.15, 0.2) is 5.69 Å². The van der Waals surface area contributed by atoms with Crippen LogP contribution in [0.15, 0.2) is 23.6 Å². The predicted octanol–water partition coefficient (Wildman–Crippen LogP) is 2.71. The van der Waals surface area contributed by atoms with Gasteiger partial charge < -0.3 is 10.4 Å². The Morgan fingerprint density at radius 2 is 2.29 bits per heavy atom. The first-order valence-corrected chi connectivity index (χ1v) is 7.02. The SMILES string of the molecule is Cc1c(NCCc2nc(C(=O)O)cs2)cccc1[N+](=O)[O-]. The molecule has 0 aliphatic heterocycles. The highest BCUT2D eigenvalue weighted by Crippen LogP contribution is 2.25. The van der Waals surface area contributed by atoms with Gasteiger partial charge in [-0.3, -0.25) is 10.1 Å². The summed E-state index contributed by atoms with van der Waals surface area (Å²) in [6, 6.07) is 4.85. The molecule has 0 amide bonds. The average molecular weight is 307 g/mol. The molecule has 0 saturated carbocycles. The minimum Gasteiger partial charge on any atom is -0.476 e. The molecule has 0 bridgehead atoms. The molecule has 8 heteroatoms. The van der Waals surface area contributed by atoms with E-state index in [4.69, 9.17) is 5.11 Å². The van der Waals surface area contributed by atoms with Crippen molar-refractivity contribution in [1.29, 1.82) is 0 Å². The van der Waals surface area contributed by atoms with Crippen molar-refractivity contribution in [2.75, 3.05) is 11.9 Å². The first-order valence-electron chi connectivity index (χ1n) is 6.14. The second-order valence-electron chi connectivity index (χ2n) is 4.32. The molecular weight excluding hydrogens is 294 g/mol. The summed E-state index contributed by atoms with van der Waals surface area (Å²) in [5.74, 6) is -1.04. The molecule has 0 atom stereocenters. The van der Waals surface area contributed by atoms with Crippen LogP contribution in [0.3, 0.4) is 0 Å². The highest BCUT2D eigenvalue weighted by atomic mass is 32.1. The maximum atomic E-state index is 10.8. The van der Waals surface area contributed by atoms with E-state index in [1.54, 1.807) is 19.1 Å². The summed E-state index contributed by atoms with van der Waals surface area (Å²) in [5, 5.41) is 25.0. The zero-order chi connectivity index (χ0) is 15.4. The number of rotatable bonds is 6. The smallest absolute Gasteiger partial charge is 0.355 e. The molecule has 21 heavy (non-hydrogen) atoms. The van der Waals surface area contributed by atoms with Crippen LogP contribution in [-0.4, -0.2) is 27.5 Å². The van der Waals surface area contributed by atoms with E-state index in [1.807, 2.05) is 0 Å². The van der Waals surface area contributed by atoms with Crippen LogP contribution in [0.25, 0.3) is 0 Å². The number of hydrogen-bond donors (Lipinski definition) is 2. The lowest BCUT2D eigenvalue weighted by Crippen LogP contribution is -2.07. The third kappa shape index (κ3) is 3.54. The van der Waals surface area contributed by atoms with Crippen LogP contribution >= 0.6 is 11.3 Å². The zero-order valence-electron chi connectivity index (χ0n) is 11.2. The minimum atomic E-state index is -1.04. The molecule has 1 aromatic carbocycles. The van der Waals surface area contributed by atoms with Crippen molar-refractivity contribution >= 4 is 28.7 Å². The van der Waals surface area contributed by atoms with Crippen LogP contribution in [0.4, 0.5) is 11.4 Å². The van der Waals surface area contributed by atoms with Gasteiger partial charge in [-0.15, -0.1) is 11.3 Å². The molecular formula is C13H13N3O4S. The fourth-order valence-corrected chi connectivity index (χ4v) is 2.61. The van der Waals surface area contributed by atoms with Crippen molar-refractivity contribution in [3.05, 3.63) is 50.0 Å². The fourth-order valence-electron chi connectivity index (χ4n) is 1.84. The lowest BCUT2D eigenvalue weighted by Gasteiger charge is -2.08. The molecule has 0 aliphatic carbocycles. The lowest BCUT2D eigenvalue weighted by molar-refractivity contribution is -0.385. The predicted molar refractivity (Wildman–Crippen MR) is 79.1 cm³/mol. The molecule has 0 saturated heterocycles. The summed E-state index contributed by atoms with van der Waals surface area (Å²) in [6.45, 7) is 2.21. The summed E-state index contributed by atoms with van der Waals surface area (Å²) < 4.78 is 0. The Morgan fingerprint density at radius 1 is 1.52 bits per heavy atom. The Labute approximate surface area is 124 Å². The van der Waals surface area contributed by atoms with E-state index in [9.17, 15) is 14.9 Å². The molecule has 0 fully saturated rings. The van der Waals surface area contributed by atoms with Gasteiger partial charge in [-0.1, -0.05) is 6.07 Å². The van der Waals surface area contributed by atoms with Crippen LogP contribution in [0.2, 0.25) is 0 Å². The first-order chi connectivity index (χ1) is 9.99. The van der Waals surface area contributed by atoms with E-state index in [2.05, 4.69) is 10.3 Å². The molecule has 0 radical (unpaired) electrons. The number of carboxylic acid groups (broad SMARTS) is 1. The van der Waals surface area contributed by atoms with Gasteiger partial charge in [-0.25, -0.2) is 9.78 Å². The van der Waals surface area contributed by atoms with Crippen molar-refractivity contribution in [3.63, 3.8) is 0 Å². The van der Waals surface area contributed by atoms with E-state index in [-0.39, 0.29) is 11.4 Å². The highest BCUT2D eigenvalue weighted by molar-refractivity contribution is 7.09. The topological polar surface area (TPSA) is 105 Å².